The van der Waals surface area contributed by atoms with Crippen molar-refractivity contribution in [3.8, 4) is 5.75 Å². The van der Waals surface area contributed by atoms with E-state index in [4.69, 9.17) is 9.47 Å². The van der Waals surface area contributed by atoms with Gasteiger partial charge in [-0.15, -0.1) is 24.0 Å². The van der Waals surface area contributed by atoms with E-state index < -0.39 is 10.0 Å². The monoisotopic (exact) mass is 554 g/mol. The molecule has 1 N–H and O–H groups in total. The van der Waals surface area contributed by atoms with E-state index in [2.05, 4.69) is 15.2 Å². The van der Waals surface area contributed by atoms with E-state index in [0.29, 0.717) is 32.8 Å². The number of halogens is 1. The van der Waals surface area contributed by atoms with E-state index in [1.54, 1.807) is 11.4 Å². The zero-order valence-electron chi connectivity index (χ0n) is 18.1. The molecule has 0 unspecified atom stereocenters. The molecule has 1 aliphatic heterocycles. The smallest absolute Gasteiger partial charge is 0.216 e. The maximum atomic E-state index is 12.4. The normalized spacial score (nSPS) is 15.7. The van der Waals surface area contributed by atoms with Crippen LogP contribution in [0.5, 0.6) is 5.75 Å². The van der Waals surface area contributed by atoms with Crippen molar-refractivity contribution in [2.45, 2.75) is 26.4 Å². The summed E-state index contributed by atoms with van der Waals surface area (Å²) in [5, 5.41) is 3.33. The number of para-hydroxylation sites is 1. The standard InChI is InChI=1S/C20H34N4O4S.HI/c1-18(2)27-16-17-29(25,26)24-13-11-23(12-14-24)20(21-3)22-10-7-15-28-19-8-5-4-6-9-19;/h4-6,8-9,18H,7,10-17H2,1-3H3,(H,21,22);1H. The van der Waals surface area contributed by atoms with Crippen molar-refractivity contribution in [3.63, 3.8) is 0 Å². The summed E-state index contributed by atoms with van der Waals surface area (Å²) in [4.78, 5) is 6.42. The highest BCUT2D eigenvalue weighted by atomic mass is 127. The van der Waals surface area contributed by atoms with Gasteiger partial charge in [-0.1, -0.05) is 18.2 Å². The number of hydrogen-bond donors (Lipinski definition) is 1. The van der Waals surface area contributed by atoms with Crippen LogP contribution in [0.4, 0.5) is 0 Å². The van der Waals surface area contributed by atoms with Gasteiger partial charge in [0.05, 0.1) is 25.1 Å². The maximum Gasteiger partial charge on any atom is 0.216 e. The summed E-state index contributed by atoms with van der Waals surface area (Å²) in [5.74, 6) is 1.69. The quantitative estimate of drug-likeness (QED) is 0.206. The van der Waals surface area contributed by atoms with Gasteiger partial charge in [0.2, 0.25) is 10.0 Å². The number of ether oxygens (including phenoxy) is 2. The fraction of sp³-hybridized carbons (Fsp3) is 0.650. The Balaban J connectivity index is 0.00000450. The van der Waals surface area contributed by atoms with Gasteiger partial charge in [-0.05, 0) is 32.4 Å². The zero-order chi connectivity index (χ0) is 21.1. The third-order valence-electron chi connectivity index (χ3n) is 4.55. The molecule has 30 heavy (non-hydrogen) atoms. The van der Waals surface area contributed by atoms with Crippen LogP contribution in [0, 0.1) is 0 Å². The van der Waals surface area contributed by atoms with Gasteiger partial charge in [0.15, 0.2) is 5.96 Å². The Morgan fingerprint density at radius 1 is 1.13 bits per heavy atom. The number of aliphatic imine (C=N–C) groups is 1. The number of hydrogen-bond acceptors (Lipinski definition) is 5. The van der Waals surface area contributed by atoms with Crippen molar-refractivity contribution in [1.29, 1.82) is 0 Å². The number of piperazine rings is 1. The Bertz CT molecular complexity index is 724. The lowest BCUT2D eigenvalue weighted by Crippen LogP contribution is -2.54. The Hall–Kier alpha value is -1.11. The largest absolute Gasteiger partial charge is 0.494 e. The molecule has 0 saturated carbocycles. The van der Waals surface area contributed by atoms with Crippen molar-refractivity contribution >= 4 is 40.0 Å². The minimum Gasteiger partial charge on any atom is -0.494 e. The highest BCUT2D eigenvalue weighted by Crippen LogP contribution is 2.10. The van der Waals surface area contributed by atoms with Crippen molar-refractivity contribution < 1.29 is 17.9 Å². The van der Waals surface area contributed by atoms with Gasteiger partial charge in [-0.25, -0.2) is 8.42 Å². The van der Waals surface area contributed by atoms with Crippen LogP contribution in [0.3, 0.4) is 0 Å². The first-order valence-corrected chi connectivity index (χ1v) is 11.8. The topological polar surface area (TPSA) is 83.5 Å². The molecule has 0 atom stereocenters. The average Bonchev–Trinajstić information content (AvgIpc) is 2.71. The van der Waals surface area contributed by atoms with Crippen LogP contribution in [0.15, 0.2) is 35.3 Å². The minimum atomic E-state index is -3.28. The molecular weight excluding hydrogens is 519 g/mol. The van der Waals surface area contributed by atoms with Crippen molar-refractivity contribution in [2.24, 2.45) is 4.99 Å². The molecule has 1 heterocycles. The van der Waals surface area contributed by atoms with E-state index in [1.807, 2.05) is 44.2 Å². The Labute approximate surface area is 198 Å². The Kier molecular flexibility index (Phi) is 12.6. The summed E-state index contributed by atoms with van der Waals surface area (Å²) in [5.41, 5.74) is 0. The van der Waals surface area contributed by atoms with Gasteiger partial charge in [0, 0.05) is 39.8 Å². The molecule has 8 nitrogen and oxygen atoms in total. The SMILES string of the molecule is CN=C(NCCCOc1ccccc1)N1CCN(S(=O)(=O)CCOC(C)C)CC1.I. The van der Waals surface area contributed by atoms with Crippen LogP contribution in [0.25, 0.3) is 0 Å². The van der Waals surface area contributed by atoms with Gasteiger partial charge in [0.1, 0.15) is 5.75 Å². The molecule has 172 valence electrons. The van der Waals surface area contributed by atoms with Crippen LogP contribution >= 0.6 is 24.0 Å². The van der Waals surface area contributed by atoms with E-state index in [0.717, 1.165) is 24.7 Å². The van der Waals surface area contributed by atoms with Crippen molar-refractivity contribution in [1.82, 2.24) is 14.5 Å². The van der Waals surface area contributed by atoms with Crippen LogP contribution in [0.1, 0.15) is 20.3 Å². The number of benzene rings is 1. The first-order chi connectivity index (χ1) is 13.9. The first kappa shape index (κ1) is 26.9. The predicted molar refractivity (Wildman–Crippen MR) is 131 cm³/mol. The maximum absolute atomic E-state index is 12.4. The van der Waals surface area contributed by atoms with Gasteiger partial charge in [-0.2, -0.15) is 4.31 Å². The van der Waals surface area contributed by atoms with Gasteiger partial charge >= 0.3 is 0 Å². The second-order valence-corrected chi connectivity index (χ2v) is 9.20. The predicted octanol–water partition coefficient (Wildman–Crippen LogP) is 2.02. The molecule has 0 amide bonds. The van der Waals surface area contributed by atoms with Crippen LogP contribution in [-0.4, -0.2) is 88.4 Å². The molecule has 1 aromatic carbocycles. The van der Waals surface area contributed by atoms with Crippen molar-refractivity contribution in [3.05, 3.63) is 30.3 Å². The second kappa shape index (κ2) is 14.0. The summed E-state index contributed by atoms with van der Waals surface area (Å²) < 4.78 is 37.5. The van der Waals surface area contributed by atoms with Gasteiger partial charge in [0.25, 0.3) is 0 Å². The lowest BCUT2D eigenvalue weighted by atomic mass is 10.3. The summed E-state index contributed by atoms with van der Waals surface area (Å²) in [6.45, 7) is 7.55. The average molecular weight is 554 g/mol. The molecule has 10 heteroatoms. The highest BCUT2D eigenvalue weighted by molar-refractivity contribution is 14.0. The molecule has 1 fully saturated rings. The molecule has 0 radical (unpaired) electrons. The molecule has 1 saturated heterocycles. The third-order valence-corrected chi connectivity index (χ3v) is 6.39. The van der Waals surface area contributed by atoms with Crippen LogP contribution in [-0.2, 0) is 14.8 Å². The number of sulfonamides is 1. The number of guanidine groups is 1. The number of nitrogens with zero attached hydrogens (tertiary/aromatic N) is 3. The summed E-state index contributed by atoms with van der Waals surface area (Å²) in [6.07, 6.45) is 0.882. The minimum absolute atomic E-state index is 0. The summed E-state index contributed by atoms with van der Waals surface area (Å²) >= 11 is 0. The zero-order valence-corrected chi connectivity index (χ0v) is 21.3. The summed E-state index contributed by atoms with van der Waals surface area (Å²) in [7, 11) is -1.54. The molecule has 1 aromatic rings. The van der Waals surface area contributed by atoms with Crippen LogP contribution in [0.2, 0.25) is 0 Å². The lowest BCUT2D eigenvalue weighted by molar-refractivity contribution is 0.0904. The highest BCUT2D eigenvalue weighted by Gasteiger charge is 2.27. The molecule has 1 aliphatic rings. The Morgan fingerprint density at radius 2 is 1.80 bits per heavy atom. The van der Waals surface area contributed by atoms with Gasteiger partial charge in [-0.3, -0.25) is 4.99 Å². The van der Waals surface area contributed by atoms with E-state index >= 15 is 0 Å². The van der Waals surface area contributed by atoms with Crippen LogP contribution < -0.4 is 10.1 Å². The van der Waals surface area contributed by atoms with E-state index in [-0.39, 0.29) is 42.4 Å². The molecule has 0 aromatic heterocycles. The van der Waals surface area contributed by atoms with E-state index in [9.17, 15) is 8.42 Å². The van der Waals surface area contributed by atoms with Gasteiger partial charge < -0.3 is 19.7 Å². The lowest BCUT2D eigenvalue weighted by Gasteiger charge is -2.35. The first-order valence-electron chi connectivity index (χ1n) is 10.2. The second-order valence-electron chi connectivity index (χ2n) is 7.11. The number of rotatable bonds is 10. The Morgan fingerprint density at radius 3 is 2.40 bits per heavy atom. The fourth-order valence-corrected chi connectivity index (χ4v) is 4.29. The molecular formula is C20H35IN4O4S. The van der Waals surface area contributed by atoms with E-state index in [1.165, 1.54) is 0 Å². The molecule has 0 aliphatic carbocycles. The molecule has 0 spiro atoms. The molecule has 0 bridgehead atoms. The molecule has 2 rings (SSSR count). The summed E-state index contributed by atoms with van der Waals surface area (Å²) in [6, 6.07) is 9.74. The fourth-order valence-electron chi connectivity index (χ4n) is 3.01. The third kappa shape index (κ3) is 9.36. The number of nitrogens with one attached hydrogen (secondary N) is 1. The van der Waals surface area contributed by atoms with Crippen molar-refractivity contribution in [2.75, 3.05) is 58.7 Å².